The number of fused-ring (bicyclic) bond motifs is 1. The Labute approximate surface area is 122 Å². The van der Waals surface area contributed by atoms with E-state index in [1.54, 1.807) is 12.4 Å². The minimum absolute atomic E-state index is 0.553. The van der Waals surface area contributed by atoms with Crippen LogP contribution in [-0.4, -0.2) is 19.6 Å². The lowest BCUT2D eigenvalue weighted by molar-refractivity contribution is -0.00596. The van der Waals surface area contributed by atoms with Gasteiger partial charge >= 0.3 is 0 Å². The summed E-state index contributed by atoms with van der Waals surface area (Å²) in [5.74, 6) is 5.18. The third-order valence-electron chi connectivity index (χ3n) is 5.82. The molecule has 0 spiro atoms. The van der Waals surface area contributed by atoms with Crippen molar-refractivity contribution in [3.8, 4) is 0 Å². The molecule has 0 aromatic carbocycles. The zero-order valence-corrected chi connectivity index (χ0v) is 12.0. The molecule has 20 heavy (non-hydrogen) atoms. The summed E-state index contributed by atoms with van der Waals surface area (Å²) >= 11 is 6.34. The van der Waals surface area contributed by atoms with Gasteiger partial charge in [-0.15, -0.1) is 10.2 Å². The van der Waals surface area contributed by atoms with Gasteiger partial charge in [0.05, 0.1) is 12.4 Å². The number of rotatable bonds is 1. The third-order valence-corrected chi connectivity index (χ3v) is 6.09. The maximum absolute atomic E-state index is 6.34. The van der Waals surface area contributed by atoms with Crippen LogP contribution < -0.4 is 0 Å². The van der Waals surface area contributed by atoms with E-state index >= 15 is 0 Å². The molecule has 0 aliphatic heterocycles. The first-order valence-corrected chi connectivity index (χ1v) is 8.02. The van der Waals surface area contributed by atoms with Gasteiger partial charge in [0.15, 0.2) is 5.65 Å². The zero-order valence-electron chi connectivity index (χ0n) is 11.2. The minimum atomic E-state index is 0.553. The molecule has 0 N–H and O–H groups in total. The van der Waals surface area contributed by atoms with Gasteiger partial charge < -0.3 is 0 Å². The lowest BCUT2D eigenvalue weighted by atomic mass is 9.51. The predicted octanol–water partition coefficient (Wildman–Crippen LogP) is 3.32. The van der Waals surface area contributed by atoms with E-state index in [4.69, 9.17) is 11.6 Å². The smallest absolute Gasteiger partial charge is 0.180 e. The van der Waals surface area contributed by atoms with E-state index in [2.05, 4.69) is 15.2 Å². The van der Waals surface area contributed by atoms with Crippen LogP contribution >= 0.6 is 11.6 Å². The van der Waals surface area contributed by atoms with E-state index < -0.39 is 0 Å². The molecule has 2 heterocycles. The molecule has 0 radical (unpaired) electrons. The maximum Gasteiger partial charge on any atom is 0.180 e. The van der Waals surface area contributed by atoms with Crippen molar-refractivity contribution in [1.29, 1.82) is 0 Å². The molecule has 6 rings (SSSR count). The van der Waals surface area contributed by atoms with Crippen molar-refractivity contribution in [2.45, 2.75) is 38.0 Å². The fourth-order valence-electron chi connectivity index (χ4n) is 5.40. The van der Waals surface area contributed by atoms with E-state index in [1.165, 1.54) is 32.1 Å². The maximum atomic E-state index is 6.34. The van der Waals surface area contributed by atoms with Crippen LogP contribution in [0.3, 0.4) is 0 Å². The quantitative estimate of drug-likeness (QED) is 0.808. The third kappa shape index (κ3) is 1.46. The fraction of sp³-hybridized carbons (Fsp3) is 0.667. The van der Waals surface area contributed by atoms with Gasteiger partial charge in [-0.1, -0.05) is 11.6 Å². The van der Waals surface area contributed by atoms with Crippen molar-refractivity contribution in [3.05, 3.63) is 23.4 Å². The Hall–Kier alpha value is -1.16. The van der Waals surface area contributed by atoms with Crippen molar-refractivity contribution >= 4 is 17.2 Å². The molecule has 0 amide bonds. The van der Waals surface area contributed by atoms with E-state index in [9.17, 15) is 0 Å². The average Bonchev–Trinajstić information content (AvgIpc) is 2.83. The number of halogens is 1. The van der Waals surface area contributed by atoms with Crippen LogP contribution in [0.5, 0.6) is 0 Å². The van der Waals surface area contributed by atoms with Crippen molar-refractivity contribution in [3.63, 3.8) is 0 Å². The summed E-state index contributed by atoms with van der Waals surface area (Å²) in [6, 6.07) is 0. The monoisotopic (exact) mass is 288 g/mol. The average molecular weight is 289 g/mol. The van der Waals surface area contributed by atoms with E-state index in [1.807, 2.05) is 4.40 Å². The summed E-state index contributed by atoms with van der Waals surface area (Å²) in [6.45, 7) is 0. The molecule has 4 nitrogen and oxygen atoms in total. The molecule has 4 saturated carbocycles. The Morgan fingerprint density at radius 1 is 0.950 bits per heavy atom. The Kier molecular flexibility index (Phi) is 2.26. The van der Waals surface area contributed by atoms with Gasteiger partial charge in [-0.05, 0) is 55.8 Å². The van der Waals surface area contributed by atoms with Crippen LogP contribution in [-0.2, 0) is 0 Å². The molecule has 4 aliphatic carbocycles. The largest absolute Gasteiger partial charge is 0.266 e. The van der Waals surface area contributed by atoms with Crippen molar-refractivity contribution in [2.75, 3.05) is 0 Å². The van der Waals surface area contributed by atoms with Crippen LogP contribution in [0.2, 0.25) is 5.15 Å². The lowest BCUT2D eigenvalue weighted by Crippen LogP contribution is -2.44. The van der Waals surface area contributed by atoms with E-state index in [0.717, 1.165) is 35.1 Å². The highest BCUT2D eigenvalue weighted by atomic mass is 35.5. The summed E-state index contributed by atoms with van der Waals surface area (Å²) in [6.07, 6.45) is 10.5. The highest BCUT2D eigenvalue weighted by Crippen LogP contribution is 2.59. The summed E-state index contributed by atoms with van der Waals surface area (Å²) in [4.78, 5) is 4.11. The normalized spacial score (nSPS) is 38.8. The molecule has 5 heteroatoms. The minimum Gasteiger partial charge on any atom is -0.266 e. The summed E-state index contributed by atoms with van der Waals surface area (Å²) in [5, 5.41) is 9.40. The first-order valence-electron chi connectivity index (χ1n) is 7.64. The molecule has 2 aromatic rings. The van der Waals surface area contributed by atoms with Crippen molar-refractivity contribution in [2.24, 2.45) is 23.7 Å². The van der Waals surface area contributed by atoms with Gasteiger partial charge in [-0.25, -0.2) is 0 Å². The molecular weight excluding hydrogens is 272 g/mol. The second-order valence-corrected chi connectivity index (χ2v) is 7.33. The van der Waals surface area contributed by atoms with Crippen LogP contribution in [0, 0.1) is 23.7 Å². The van der Waals surface area contributed by atoms with Gasteiger partial charge in [-0.3, -0.25) is 9.38 Å². The Bertz CT molecular complexity index is 652. The summed E-state index contributed by atoms with van der Waals surface area (Å²) in [7, 11) is 0. The molecule has 0 atom stereocenters. The van der Waals surface area contributed by atoms with E-state index in [-0.39, 0.29) is 0 Å². The molecule has 4 bridgehead atoms. The molecular formula is C15H17ClN4. The fourth-order valence-corrected chi connectivity index (χ4v) is 5.63. The molecule has 104 valence electrons. The second-order valence-electron chi connectivity index (χ2n) is 6.94. The number of hydrogen-bond acceptors (Lipinski definition) is 3. The highest BCUT2D eigenvalue weighted by Gasteiger charge is 2.50. The Morgan fingerprint density at radius 2 is 1.65 bits per heavy atom. The first-order chi connectivity index (χ1) is 9.79. The lowest BCUT2D eigenvalue weighted by Gasteiger charge is -2.53. The van der Waals surface area contributed by atoms with Crippen LogP contribution in [0.25, 0.3) is 5.65 Å². The van der Waals surface area contributed by atoms with Gasteiger partial charge in [0.2, 0.25) is 0 Å². The Balaban J connectivity index is 1.65. The Morgan fingerprint density at radius 3 is 2.35 bits per heavy atom. The number of hydrogen-bond donors (Lipinski definition) is 0. The molecule has 4 fully saturated rings. The zero-order chi connectivity index (χ0) is 13.3. The van der Waals surface area contributed by atoms with Gasteiger partial charge in [0.25, 0.3) is 0 Å². The second kappa shape index (κ2) is 3.94. The summed E-state index contributed by atoms with van der Waals surface area (Å²) in [5.41, 5.74) is 0.779. The number of nitrogens with zero attached hydrogens (tertiary/aromatic N) is 4. The summed E-state index contributed by atoms with van der Waals surface area (Å²) < 4.78 is 2.02. The van der Waals surface area contributed by atoms with Crippen LogP contribution in [0.15, 0.2) is 12.4 Å². The van der Waals surface area contributed by atoms with Gasteiger partial charge in [0.1, 0.15) is 11.0 Å². The molecule has 0 saturated heterocycles. The van der Waals surface area contributed by atoms with Crippen molar-refractivity contribution in [1.82, 2.24) is 19.6 Å². The molecule has 0 unspecified atom stereocenters. The first kappa shape index (κ1) is 11.5. The van der Waals surface area contributed by atoms with Crippen molar-refractivity contribution < 1.29 is 0 Å². The topological polar surface area (TPSA) is 43.1 Å². The van der Waals surface area contributed by atoms with Crippen LogP contribution in [0.1, 0.15) is 43.8 Å². The van der Waals surface area contributed by atoms with E-state index in [0.29, 0.717) is 11.1 Å². The highest BCUT2D eigenvalue weighted by molar-refractivity contribution is 6.29. The SMILES string of the molecule is Clc1cncc2nnc(C3C4CC5CC(C4)CC3C5)n12. The number of aromatic nitrogens is 4. The van der Waals surface area contributed by atoms with Crippen LogP contribution in [0.4, 0.5) is 0 Å². The molecule has 4 aliphatic rings. The van der Waals surface area contributed by atoms with Gasteiger partial charge in [0, 0.05) is 5.92 Å². The standard InChI is InChI=1S/C15H17ClN4/c16-12-6-17-7-13-18-19-15(20(12)13)14-10-2-8-1-9(4-10)5-11(14)3-8/h6-11,14H,1-5H2. The molecule has 2 aromatic heterocycles. The predicted molar refractivity (Wildman–Crippen MR) is 75.6 cm³/mol. The van der Waals surface area contributed by atoms with Gasteiger partial charge in [-0.2, -0.15) is 0 Å².